The summed E-state index contributed by atoms with van der Waals surface area (Å²) in [4.78, 5) is 62.2. The van der Waals surface area contributed by atoms with Crippen LogP contribution < -0.4 is 22.1 Å². The topological polar surface area (TPSA) is 225 Å². The molecule has 0 bridgehead atoms. The predicted octanol–water partition coefficient (Wildman–Crippen LogP) is -2.44. The molecule has 4 amide bonds. The molecule has 1 saturated heterocycles. The van der Waals surface area contributed by atoms with Crippen molar-refractivity contribution in [1.29, 1.82) is 0 Å². The van der Waals surface area contributed by atoms with Crippen LogP contribution in [0.1, 0.15) is 31.7 Å². The molecule has 35 heavy (non-hydrogen) atoms. The minimum Gasteiger partial charge on any atom is -0.508 e. The van der Waals surface area contributed by atoms with Gasteiger partial charge in [0, 0.05) is 13.0 Å². The van der Waals surface area contributed by atoms with Crippen molar-refractivity contribution >= 4 is 29.6 Å². The number of aromatic hydroxyl groups is 1. The van der Waals surface area contributed by atoms with Crippen LogP contribution in [0.5, 0.6) is 5.75 Å². The lowest BCUT2D eigenvalue weighted by atomic mass is 10.0. The van der Waals surface area contributed by atoms with E-state index in [-0.39, 0.29) is 25.1 Å². The highest BCUT2D eigenvalue weighted by molar-refractivity contribution is 5.95. The van der Waals surface area contributed by atoms with Crippen LogP contribution in [0.15, 0.2) is 24.3 Å². The quantitative estimate of drug-likeness (QED) is 0.174. The number of nitrogens with zero attached hydrogens (tertiary/aromatic N) is 1. The number of rotatable bonds is 11. The van der Waals surface area contributed by atoms with Crippen molar-refractivity contribution in [2.24, 2.45) is 11.5 Å². The zero-order valence-electron chi connectivity index (χ0n) is 19.2. The Hall–Kier alpha value is -3.71. The van der Waals surface area contributed by atoms with E-state index in [1.165, 1.54) is 36.1 Å². The van der Waals surface area contributed by atoms with Crippen molar-refractivity contribution in [3.8, 4) is 5.75 Å². The van der Waals surface area contributed by atoms with Crippen LogP contribution in [-0.2, 0) is 30.4 Å². The van der Waals surface area contributed by atoms with Crippen molar-refractivity contribution in [2.75, 3.05) is 6.54 Å². The van der Waals surface area contributed by atoms with Crippen LogP contribution in [0.3, 0.4) is 0 Å². The molecule has 1 aromatic carbocycles. The maximum atomic E-state index is 13.1. The van der Waals surface area contributed by atoms with Crippen molar-refractivity contribution in [3.05, 3.63) is 29.8 Å². The number of hydrogen-bond acceptors (Lipinski definition) is 8. The highest BCUT2D eigenvalue weighted by atomic mass is 16.4. The van der Waals surface area contributed by atoms with Crippen LogP contribution in [0.2, 0.25) is 0 Å². The van der Waals surface area contributed by atoms with E-state index < -0.39 is 66.3 Å². The third kappa shape index (κ3) is 7.65. The molecule has 13 heteroatoms. The number of likely N-dealkylation sites (tertiary alicyclic amines) is 1. The van der Waals surface area contributed by atoms with Gasteiger partial charge >= 0.3 is 5.97 Å². The number of amides is 4. The summed E-state index contributed by atoms with van der Waals surface area (Å²) in [5, 5.41) is 33.8. The van der Waals surface area contributed by atoms with Crippen molar-refractivity contribution in [2.45, 2.75) is 62.9 Å². The average molecular weight is 494 g/mol. The van der Waals surface area contributed by atoms with Gasteiger partial charge in [-0.3, -0.25) is 19.2 Å². The van der Waals surface area contributed by atoms with E-state index in [4.69, 9.17) is 11.5 Å². The first-order valence-corrected chi connectivity index (χ1v) is 11.0. The van der Waals surface area contributed by atoms with Gasteiger partial charge in [-0.1, -0.05) is 12.1 Å². The monoisotopic (exact) mass is 493 g/mol. The van der Waals surface area contributed by atoms with Crippen LogP contribution in [0, 0.1) is 0 Å². The Morgan fingerprint density at radius 2 is 1.77 bits per heavy atom. The largest absolute Gasteiger partial charge is 0.508 e. The first kappa shape index (κ1) is 27.5. The summed E-state index contributed by atoms with van der Waals surface area (Å²) < 4.78 is 0. The third-order valence-corrected chi connectivity index (χ3v) is 5.63. The second-order valence-electron chi connectivity index (χ2n) is 8.46. The van der Waals surface area contributed by atoms with E-state index in [0.717, 1.165) is 0 Å². The standard InChI is InChI=1S/C22H31N5O8/c1-11(28)18(26-19(31)14(23)10-17(24)30)21(33)27-8-2-3-16(27)20(32)25-15(22(34)35)9-12-4-6-13(29)7-5-12/h4-7,11,14-16,18,28-29H,2-3,8-10,23H2,1H3,(H2,24,30)(H,25,32)(H,26,31)(H,34,35). The Kier molecular flexibility index (Phi) is 9.54. The highest BCUT2D eigenvalue weighted by Crippen LogP contribution is 2.20. The number of primary amides is 1. The fourth-order valence-electron chi connectivity index (χ4n) is 3.78. The molecule has 0 saturated carbocycles. The molecule has 1 aromatic rings. The van der Waals surface area contributed by atoms with E-state index in [1.807, 2.05) is 0 Å². The number of phenolic OH excluding ortho intramolecular Hbond substituents is 1. The van der Waals surface area contributed by atoms with Gasteiger partial charge < -0.3 is 42.3 Å². The van der Waals surface area contributed by atoms with Crippen LogP contribution in [0.25, 0.3) is 0 Å². The number of carboxylic acid groups (broad SMARTS) is 1. The molecule has 0 spiro atoms. The molecule has 0 aromatic heterocycles. The number of nitrogens with one attached hydrogen (secondary N) is 2. The Morgan fingerprint density at radius 1 is 1.14 bits per heavy atom. The van der Waals surface area contributed by atoms with Gasteiger partial charge in [0.1, 0.15) is 23.9 Å². The molecule has 192 valence electrons. The first-order valence-electron chi connectivity index (χ1n) is 11.0. The maximum absolute atomic E-state index is 13.1. The summed E-state index contributed by atoms with van der Waals surface area (Å²) in [6.07, 6.45) is -1.16. The summed E-state index contributed by atoms with van der Waals surface area (Å²) in [5.41, 5.74) is 11.2. The lowest BCUT2D eigenvalue weighted by Crippen LogP contribution is -2.59. The SMILES string of the molecule is CC(O)C(NC(=O)C(N)CC(N)=O)C(=O)N1CCCC1C(=O)NC(Cc1ccc(O)cc1)C(=O)O. The number of carbonyl (C=O) groups is 5. The van der Waals surface area contributed by atoms with Gasteiger partial charge in [0.25, 0.3) is 0 Å². The first-order chi connectivity index (χ1) is 16.4. The number of carboxylic acids is 1. The number of aliphatic hydroxyl groups excluding tert-OH is 1. The number of carbonyl (C=O) groups excluding carboxylic acids is 4. The molecule has 1 aliphatic heterocycles. The number of benzene rings is 1. The molecule has 1 aliphatic rings. The fraction of sp³-hybridized carbons (Fsp3) is 0.500. The van der Waals surface area contributed by atoms with Gasteiger partial charge in [-0.05, 0) is 37.5 Å². The van der Waals surface area contributed by atoms with Crippen molar-refractivity contribution in [3.63, 3.8) is 0 Å². The van der Waals surface area contributed by atoms with E-state index in [2.05, 4.69) is 10.6 Å². The molecular formula is C22H31N5O8. The van der Waals surface area contributed by atoms with Crippen molar-refractivity contribution < 1.29 is 39.3 Å². The Labute approximate surface area is 201 Å². The van der Waals surface area contributed by atoms with Crippen LogP contribution >= 0.6 is 0 Å². The van der Waals surface area contributed by atoms with Crippen LogP contribution in [-0.4, -0.2) is 86.6 Å². The molecule has 0 radical (unpaired) electrons. The molecule has 9 N–H and O–H groups in total. The van der Waals surface area contributed by atoms with E-state index in [9.17, 15) is 39.3 Å². The highest BCUT2D eigenvalue weighted by Gasteiger charge is 2.40. The molecule has 2 rings (SSSR count). The summed E-state index contributed by atoms with van der Waals surface area (Å²) in [7, 11) is 0. The van der Waals surface area contributed by atoms with E-state index in [1.54, 1.807) is 0 Å². The molecule has 0 aliphatic carbocycles. The summed E-state index contributed by atoms with van der Waals surface area (Å²) in [6, 6.07) is 0.784. The number of phenols is 1. The van der Waals surface area contributed by atoms with Gasteiger partial charge in [-0.2, -0.15) is 0 Å². The predicted molar refractivity (Wildman–Crippen MR) is 122 cm³/mol. The third-order valence-electron chi connectivity index (χ3n) is 5.63. The zero-order valence-corrected chi connectivity index (χ0v) is 19.2. The molecule has 5 atom stereocenters. The molecular weight excluding hydrogens is 462 g/mol. The zero-order chi connectivity index (χ0) is 26.3. The summed E-state index contributed by atoms with van der Waals surface area (Å²) >= 11 is 0. The summed E-state index contributed by atoms with van der Waals surface area (Å²) in [6.45, 7) is 1.42. The number of nitrogens with two attached hydrogens (primary N) is 2. The molecule has 1 heterocycles. The average Bonchev–Trinajstić information content (AvgIpc) is 3.27. The second kappa shape index (κ2) is 12.1. The van der Waals surface area contributed by atoms with Gasteiger partial charge in [0.15, 0.2) is 0 Å². The number of aliphatic carboxylic acids is 1. The number of hydrogen-bond donors (Lipinski definition) is 7. The smallest absolute Gasteiger partial charge is 0.326 e. The molecule has 5 unspecified atom stereocenters. The Balaban J connectivity index is 2.11. The summed E-state index contributed by atoms with van der Waals surface area (Å²) in [5.74, 6) is -4.39. The van der Waals surface area contributed by atoms with Crippen LogP contribution in [0.4, 0.5) is 0 Å². The van der Waals surface area contributed by atoms with Gasteiger partial charge in [0.2, 0.25) is 23.6 Å². The van der Waals surface area contributed by atoms with E-state index in [0.29, 0.717) is 12.0 Å². The van der Waals surface area contributed by atoms with Gasteiger partial charge in [-0.15, -0.1) is 0 Å². The molecule has 1 fully saturated rings. The number of aliphatic hydroxyl groups is 1. The Bertz CT molecular complexity index is 952. The van der Waals surface area contributed by atoms with Gasteiger partial charge in [0.05, 0.1) is 18.6 Å². The van der Waals surface area contributed by atoms with Gasteiger partial charge in [-0.25, -0.2) is 4.79 Å². The lowest BCUT2D eigenvalue weighted by Gasteiger charge is -2.31. The minimum absolute atomic E-state index is 0.0140. The molecule has 13 nitrogen and oxygen atoms in total. The fourth-order valence-corrected chi connectivity index (χ4v) is 3.78. The second-order valence-corrected chi connectivity index (χ2v) is 8.46. The lowest BCUT2D eigenvalue weighted by molar-refractivity contribution is -0.146. The minimum atomic E-state index is -1.44. The van der Waals surface area contributed by atoms with E-state index >= 15 is 0 Å². The maximum Gasteiger partial charge on any atom is 0.326 e. The Morgan fingerprint density at radius 3 is 2.31 bits per heavy atom. The van der Waals surface area contributed by atoms with Crippen molar-refractivity contribution in [1.82, 2.24) is 15.5 Å². The normalized spacial score (nSPS) is 18.7.